The van der Waals surface area contributed by atoms with E-state index in [1.165, 1.54) is 16.9 Å². The van der Waals surface area contributed by atoms with Crippen molar-refractivity contribution in [2.24, 2.45) is 0 Å². The topological polar surface area (TPSA) is 64.9 Å². The highest BCUT2D eigenvalue weighted by molar-refractivity contribution is 7.16. The number of anilines is 1. The lowest BCUT2D eigenvalue weighted by molar-refractivity contribution is 0.432. The van der Waals surface area contributed by atoms with Crippen LogP contribution in [0.3, 0.4) is 0 Å². The van der Waals surface area contributed by atoms with Gasteiger partial charge >= 0.3 is 0 Å². The summed E-state index contributed by atoms with van der Waals surface area (Å²) in [7, 11) is 0. The number of nitrogen functional groups attached to an aromatic ring is 1. The van der Waals surface area contributed by atoms with Crippen LogP contribution in [0.15, 0.2) is 28.8 Å². The van der Waals surface area contributed by atoms with E-state index in [4.69, 9.17) is 21.9 Å². The summed E-state index contributed by atoms with van der Waals surface area (Å²) in [6, 6.07) is 7.36. The summed E-state index contributed by atoms with van der Waals surface area (Å²) in [4.78, 5) is 5.85. The maximum Gasteiger partial charge on any atom is 0.261 e. The van der Waals surface area contributed by atoms with Crippen LogP contribution in [0.5, 0.6) is 0 Å². The molecule has 2 aromatic heterocycles. The number of fused-ring (bicyclic) bond motifs is 1. The van der Waals surface area contributed by atoms with Gasteiger partial charge in [-0.1, -0.05) is 16.8 Å². The van der Waals surface area contributed by atoms with Crippen molar-refractivity contribution < 1.29 is 4.52 Å². The van der Waals surface area contributed by atoms with E-state index in [0.717, 1.165) is 29.0 Å². The van der Waals surface area contributed by atoms with Crippen LogP contribution in [0.2, 0.25) is 5.02 Å². The average Bonchev–Trinajstić information content (AvgIpc) is 3.15. The van der Waals surface area contributed by atoms with Crippen molar-refractivity contribution in [1.82, 2.24) is 10.1 Å². The van der Waals surface area contributed by atoms with Gasteiger partial charge in [0.05, 0.1) is 10.6 Å². The van der Waals surface area contributed by atoms with Crippen molar-refractivity contribution in [2.45, 2.75) is 19.3 Å². The monoisotopic (exact) mass is 317 g/mol. The molecule has 0 radical (unpaired) electrons. The summed E-state index contributed by atoms with van der Waals surface area (Å²) in [5.41, 5.74) is 9.21. The second kappa shape index (κ2) is 4.86. The highest BCUT2D eigenvalue weighted by atomic mass is 35.5. The van der Waals surface area contributed by atoms with Gasteiger partial charge in [-0.05, 0) is 49.1 Å². The maximum atomic E-state index is 6.12. The summed E-state index contributed by atoms with van der Waals surface area (Å²) < 4.78 is 5.43. The molecule has 0 amide bonds. The number of halogens is 1. The van der Waals surface area contributed by atoms with Crippen molar-refractivity contribution in [1.29, 1.82) is 0 Å². The Morgan fingerprint density at radius 3 is 2.81 bits per heavy atom. The van der Waals surface area contributed by atoms with Crippen LogP contribution in [0.4, 0.5) is 5.00 Å². The Morgan fingerprint density at radius 2 is 2.00 bits per heavy atom. The van der Waals surface area contributed by atoms with Gasteiger partial charge in [0.15, 0.2) is 0 Å². The molecule has 4 nitrogen and oxygen atoms in total. The smallest absolute Gasteiger partial charge is 0.261 e. The average molecular weight is 318 g/mol. The third kappa shape index (κ3) is 2.13. The van der Waals surface area contributed by atoms with E-state index in [1.54, 1.807) is 11.3 Å². The Bertz CT molecular complexity index is 807. The number of nitrogens with two attached hydrogens (primary N) is 1. The largest absolute Gasteiger partial charge is 0.390 e. The molecule has 6 heteroatoms. The highest BCUT2D eigenvalue weighted by Gasteiger charge is 2.25. The van der Waals surface area contributed by atoms with E-state index in [9.17, 15) is 0 Å². The van der Waals surface area contributed by atoms with Gasteiger partial charge < -0.3 is 10.3 Å². The molecule has 2 heterocycles. The minimum absolute atomic E-state index is 0.511. The Balaban J connectivity index is 1.77. The fourth-order valence-corrected chi connectivity index (χ4v) is 3.98. The van der Waals surface area contributed by atoms with Crippen molar-refractivity contribution in [3.05, 3.63) is 39.7 Å². The first-order valence-electron chi connectivity index (χ1n) is 6.72. The molecule has 0 unspecified atom stereocenters. The summed E-state index contributed by atoms with van der Waals surface area (Å²) >= 11 is 7.53. The van der Waals surface area contributed by atoms with Crippen LogP contribution in [-0.2, 0) is 12.8 Å². The van der Waals surface area contributed by atoms with Crippen molar-refractivity contribution in [2.75, 3.05) is 5.73 Å². The fraction of sp³-hybridized carbons (Fsp3) is 0.200. The van der Waals surface area contributed by atoms with Crippen LogP contribution < -0.4 is 5.73 Å². The number of rotatable bonds is 2. The van der Waals surface area contributed by atoms with E-state index < -0.39 is 0 Å². The number of hydrogen-bond acceptors (Lipinski definition) is 5. The van der Waals surface area contributed by atoms with E-state index in [1.807, 2.05) is 24.3 Å². The standard InChI is InChI=1S/C15H12ClN3OS/c16-9-6-4-8(5-7-9)14-18-15(20-19-14)12-10-2-1-3-11(10)21-13(12)17/h4-7H,1-3,17H2. The number of aromatic nitrogens is 2. The molecule has 0 aliphatic heterocycles. The molecule has 0 fully saturated rings. The highest BCUT2D eigenvalue weighted by Crippen LogP contribution is 2.43. The SMILES string of the molecule is Nc1sc2c(c1-c1nc(-c3ccc(Cl)cc3)no1)CCC2. The van der Waals surface area contributed by atoms with Crippen LogP contribution in [0, 0.1) is 0 Å². The Hall–Kier alpha value is -1.85. The van der Waals surface area contributed by atoms with Gasteiger partial charge in [0.25, 0.3) is 5.89 Å². The molecule has 4 rings (SSSR count). The Labute approximate surface area is 130 Å². The molecule has 0 saturated carbocycles. The van der Waals surface area contributed by atoms with Crippen molar-refractivity contribution in [3.8, 4) is 22.8 Å². The van der Waals surface area contributed by atoms with Crippen LogP contribution in [0.25, 0.3) is 22.8 Å². The minimum Gasteiger partial charge on any atom is -0.390 e. The van der Waals surface area contributed by atoms with Gasteiger partial charge in [-0.2, -0.15) is 4.98 Å². The van der Waals surface area contributed by atoms with Crippen molar-refractivity contribution >= 4 is 27.9 Å². The first-order valence-corrected chi connectivity index (χ1v) is 7.92. The van der Waals surface area contributed by atoms with Gasteiger partial charge in [-0.25, -0.2) is 0 Å². The van der Waals surface area contributed by atoms with Crippen LogP contribution >= 0.6 is 22.9 Å². The first kappa shape index (κ1) is 12.9. The summed E-state index contributed by atoms with van der Waals surface area (Å²) in [5.74, 6) is 1.07. The second-order valence-corrected chi connectivity index (χ2v) is 6.60. The lowest BCUT2D eigenvalue weighted by Gasteiger charge is -1.96. The molecule has 1 aromatic carbocycles. The molecule has 0 spiro atoms. The van der Waals surface area contributed by atoms with E-state index in [0.29, 0.717) is 16.7 Å². The minimum atomic E-state index is 0.511. The molecule has 0 saturated heterocycles. The quantitative estimate of drug-likeness (QED) is 0.769. The molecular formula is C15H12ClN3OS. The normalized spacial score (nSPS) is 13.6. The van der Waals surface area contributed by atoms with Gasteiger partial charge in [0.1, 0.15) is 0 Å². The molecule has 1 aliphatic rings. The van der Waals surface area contributed by atoms with Gasteiger partial charge in [-0.3, -0.25) is 0 Å². The molecule has 0 atom stereocenters. The third-order valence-electron chi connectivity index (χ3n) is 3.69. The number of hydrogen-bond donors (Lipinski definition) is 1. The van der Waals surface area contributed by atoms with E-state index >= 15 is 0 Å². The zero-order valence-electron chi connectivity index (χ0n) is 11.1. The lowest BCUT2D eigenvalue weighted by Crippen LogP contribution is -1.88. The summed E-state index contributed by atoms with van der Waals surface area (Å²) in [5, 5.41) is 5.51. The Kier molecular flexibility index (Phi) is 2.97. The molecule has 0 bridgehead atoms. The lowest BCUT2D eigenvalue weighted by atomic mass is 10.1. The fourth-order valence-electron chi connectivity index (χ4n) is 2.70. The summed E-state index contributed by atoms with van der Waals surface area (Å²) in [6.07, 6.45) is 3.31. The first-order chi connectivity index (χ1) is 10.2. The predicted molar refractivity (Wildman–Crippen MR) is 84.5 cm³/mol. The predicted octanol–water partition coefficient (Wildman–Crippen LogP) is 4.19. The molecule has 2 N–H and O–H groups in total. The zero-order valence-corrected chi connectivity index (χ0v) is 12.7. The van der Waals surface area contributed by atoms with Crippen LogP contribution in [0.1, 0.15) is 16.9 Å². The number of thiophene rings is 1. The van der Waals surface area contributed by atoms with E-state index in [-0.39, 0.29) is 0 Å². The van der Waals surface area contributed by atoms with Crippen molar-refractivity contribution in [3.63, 3.8) is 0 Å². The van der Waals surface area contributed by atoms with Gasteiger partial charge in [0.2, 0.25) is 5.82 Å². The van der Waals surface area contributed by atoms with Crippen LogP contribution in [-0.4, -0.2) is 10.1 Å². The third-order valence-corrected chi connectivity index (χ3v) is 5.06. The van der Waals surface area contributed by atoms with E-state index in [2.05, 4.69) is 10.1 Å². The molecule has 21 heavy (non-hydrogen) atoms. The summed E-state index contributed by atoms with van der Waals surface area (Å²) in [6.45, 7) is 0. The number of benzene rings is 1. The maximum absolute atomic E-state index is 6.12. The molecular weight excluding hydrogens is 306 g/mol. The number of aryl methyl sites for hydroxylation is 1. The molecule has 3 aromatic rings. The number of nitrogens with zero attached hydrogens (tertiary/aromatic N) is 2. The van der Waals surface area contributed by atoms with Gasteiger partial charge in [-0.15, -0.1) is 11.3 Å². The zero-order chi connectivity index (χ0) is 14.4. The molecule has 106 valence electrons. The second-order valence-electron chi connectivity index (χ2n) is 5.03. The molecule has 1 aliphatic carbocycles. The van der Waals surface area contributed by atoms with Gasteiger partial charge in [0, 0.05) is 15.5 Å². The Morgan fingerprint density at radius 1 is 1.19 bits per heavy atom.